The van der Waals surface area contributed by atoms with Gasteiger partial charge in [-0.05, 0) is 38.0 Å². The van der Waals surface area contributed by atoms with Gasteiger partial charge < -0.3 is 10.3 Å². The van der Waals surface area contributed by atoms with Gasteiger partial charge in [0, 0.05) is 13.1 Å². The molecule has 2 aromatic carbocycles. The van der Waals surface area contributed by atoms with E-state index >= 15 is 0 Å². The van der Waals surface area contributed by atoms with E-state index in [9.17, 15) is 14.4 Å². The number of imidazole rings is 1. The summed E-state index contributed by atoms with van der Waals surface area (Å²) in [4.78, 5) is 41.6. The lowest BCUT2D eigenvalue weighted by atomic mass is 9.91. The molecule has 7 nitrogen and oxygen atoms in total. The van der Waals surface area contributed by atoms with E-state index in [2.05, 4.69) is 10.3 Å². The second kappa shape index (κ2) is 6.67. The first-order valence-corrected chi connectivity index (χ1v) is 9.29. The minimum absolute atomic E-state index is 0.192. The molecule has 2 heterocycles. The van der Waals surface area contributed by atoms with Gasteiger partial charge in [0.1, 0.15) is 5.54 Å². The average Bonchev–Trinajstić information content (AvgIpc) is 3.10. The summed E-state index contributed by atoms with van der Waals surface area (Å²) >= 11 is 0. The molecule has 0 radical (unpaired) electrons. The third kappa shape index (κ3) is 2.89. The second-order valence-electron chi connectivity index (χ2n) is 7.33. The summed E-state index contributed by atoms with van der Waals surface area (Å²) in [6.07, 6.45) is 0.491. The summed E-state index contributed by atoms with van der Waals surface area (Å²) in [5, 5.41) is 2.81. The molecule has 1 atom stereocenters. The molecule has 144 valence electrons. The molecule has 1 saturated heterocycles. The number of aromatic amines is 1. The zero-order valence-corrected chi connectivity index (χ0v) is 15.9. The number of urea groups is 1. The van der Waals surface area contributed by atoms with Gasteiger partial charge in [-0.15, -0.1) is 0 Å². The van der Waals surface area contributed by atoms with Crippen molar-refractivity contribution in [3.8, 4) is 0 Å². The van der Waals surface area contributed by atoms with Gasteiger partial charge in [0.2, 0.25) is 0 Å². The van der Waals surface area contributed by atoms with Gasteiger partial charge >= 0.3 is 11.7 Å². The molecule has 1 aromatic heterocycles. The molecule has 4 rings (SSSR count). The smallest absolute Gasteiger partial charge is 0.319 e. The Bertz CT molecular complexity index is 1110. The Hall–Kier alpha value is -3.35. The summed E-state index contributed by atoms with van der Waals surface area (Å²) in [7, 11) is 0. The van der Waals surface area contributed by atoms with Crippen LogP contribution in [0.5, 0.6) is 0 Å². The molecule has 3 amide bonds. The zero-order chi connectivity index (χ0) is 19.9. The number of imide groups is 1. The fourth-order valence-corrected chi connectivity index (χ4v) is 3.70. The minimum atomic E-state index is -1.07. The first-order valence-electron chi connectivity index (χ1n) is 9.29. The zero-order valence-electron chi connectivity index (χ0n) is 15.9. The number of nitrogens with zero attached hydrogens (tertiary/aromatic N) is 2. The fraction of sp³-hybridized carbons (Fsp3) is 0.286. The van der Waals surface area contributed by atoms with Gasteiger partial charge in [0.05, 0.1) is 11.0 Å². The predicted octanol–water partition coefficient (Wildman–Crippen LogP) is 2.50. The molecule has 3 aromatic rings. The maximum Gasteiger partial charge on any atom is 0.326 e. The highest BCUT2D eigenvalue weighted by molar-refractivity contribution is 6.07. The van der Waals surface area contributed by atoms with Crippen LogP contribution in [0.4, 0.5) is 4.79 Å². The van der Waals surface area contributed by atoms with Gasteiger partial charge in [-0.2, -0.15) is 0 Å². The molecular formula is C21H22N4O3. The lowest BCUT2D eigenvalue weighted by Crippen LogP contribution is -2.41. The highest BCUT2D eigenvalue weighted by atomic mass is 16.2. The highest BCUT2D eigenvalue weighted by Crippen LogP contribution is 2.29. The molecule has 2 N–H and O–H groups in total. The number of H-pyrrole nitrogens is 1. The van der Waals surface area contributed by atoms with E-state index in [1.807, 2.05) is 55.5 Å². The summed E-state index contributed by atoms with van der Waals surface area (Å²) in [5.74, 6) is -0.271. The largest absolute Gasteiger partial charge is 0.326 e. The number of rotatable bonds is 5. The van der Waals surface area contributed by atoms with Crippen LogP contribution in [0.1, 0.15) is 24.5 Å². The van der Waals surface area contributed by atoms with Gasteiger partial charge in [0.25, 0.3) is 5.91 Å². The Balaban J connectivity index is 1.49. The molecule has 1 aliphatic heterocycles. The van der Waals surface area contributed by atoms with Crippen LogP contribution >= 0.6 is 0 Å². The number of amides is 3. The average molecular weight is 378 g/mol. The molecule has 0 aliphatic carbocycles. The first-order chi connectivity index (χ1) is 13.4. The van der Waals surface area contributed by atoms with Crippen LogP contribution < -0.4 is 11.0 Å². The van der Waals surface area contributed by atoms with Gasteiger partial charge in [-0.3, -0.25) is 14.3 Å². The van der Waals surface area contributed by atoms with E-state index in [4.69, 9.17) is 0 Å². The van der Waals surface area contributed by atoms with Crippen molar-refractivity contribution >= 4 is 23.0 Å². The van der Waals surface area contributed by atoms with Crippen molar-refractivity contribution < 1.29 is 9.59 Å². The number of aryl methyl sites for hydroxylation is 2. The van der Waals surface area contributed by atoms with Crippen molar-refractivity contribution in [2.45, 2.75) is 32.4 Å². The third-order valence-corrected chi connectivity index (χ3v) is 5.35. The van der Waals surface area contributed by atoms with Crippen molar-refractivity contribution in [1.29, 1.82) is 0 Å². The Kier molecular flexibility index (Phi) is 4.30. The lowest BCUT2D eigenvalue weighted by molar-refractivity contribution is -0.131. The monoisotopic (exact) mass is 378 g/mol. The maximum atomic E-state index is 13.0. The Morgan fingerprint density at radius 2 is 1.68 bits per heavy atom. The number of carbonyl (C=O) groups is 2. The summed E-state index contributed by atoms with van der Waals surface area (Å²) in [6.45, 7) is 4.36. The first kappa shape index (κ1) is 18.0. The van der Waals surface area contributed by atoms with Crippen molar-refractivity contribution in [1.82, 2.24) is 19.8 Å². The van der Waals surface area contributed by atoms with Gasteiger partial charge in [-0.25, -0.2) is 9.59 Å². The quantitative estimate of drug-likeness (QED) is 0.669. The number of para-hydroxylation sites is 2. The van der Waals surface area contributed by atoms with Crippen LogP contribution in [0, 0.1) is 6.92 Å². The van der Waals surface area contributed by atoms with Crippen molar-refractivity contribution in [3.63, 3.8) is 0 Å². The summed E-state index contributed by atoms with van der Waals surface area (Å²) < 4.78 is 1.63. The van der Waals surface area contributed by atoms with Crippen LogP contribution in [-0.2, 0) is 16.9 Å². The van der Waals surface area contributed by atoms with Crippen LogP contribution in [0.15, 0.2) is 53.3 Å². The minimum Gasteiger partial charge on any atom is -0.319 e. The van der Waals surface area contributed by atoms with Crippen molar-refractivity contribution in [2.24, 2.45) is 0 Å². The van der Waals surface area contributed by atoms with Crippen LogP contribution in [0.25, 0.3) is 11.0 Å². The van der Waals surface area contributed by atoms with E-state index in [0.717, 1.165) is 22.2 Å². The van der Waals surface area contributed by atoms with E-state index < -0.39 is 11.6 Å². The standard InChI is InChI=1S/C21H22N4O3/c1-14-8-10-15(11-9-14)21(2)18(26)25(20(28)23-21)13-5-12-24-17-7-4-3-6-16(17)22-19(24)27/h3-4,6-11H,5,12-13H2,1-2H3,(H,22,27)(H,23,28)/t21-/m1/s1. The molecule has 7 heteroatoms. The van der Waals surface area contributed by atoms with E-state index in [1.54, 1.807) is 11.5 Å². The van der Waals surface area contributed by atoms with Crippen LogP contribution in [0.2, 0.25) is 0 Å². The molecular weight excluding hydrogens is 356 g/mol. The number of carbonyl (C=O) groups excluding carboxylic acids is 2. The Labute approximate surface area is 162 Å². The van der Waals surface area contributed by atoms with E-state index in [-0.39, 0.29) is 18.1 Å². The number of nitrogens with one attached hydrogen (secondary N) is 2. The number of benzene rings is 2. The molecule has 1 aliphatic rings. The highest BCUT2D eigenvalue weighted by Gasteiger charge is 2.48. The van der Waals surface area contributed by atoms with Crippen molar-refractivity contribution in [2.75, 3.05) is 6.54 Å². The molecule has 0 spiro atoms. The van der Waals surface area contributed by atoms with Gasteiger partial charge in [0.15, 0.2) is 0 Å². The number of aromatic nitrogens is 2. The second-order valence-corrected chi connectivity index (χ2v) is 7.33. The fourth-order valence-electron chi connectivity index (χ4n) is 3.70. The van der Waals surface area contributed by atoms with E-state index in [0.29, 0.717) is 13.0 Å². The van der Waals surface area contributed by atoms with Crippen LogP contribution in [0.3, 0.4) is 0 Å². The molecule has 28 heavy (non-hydrogen) atoms. The van der Waals surface area contributed by atoms with Crippen LogP contribution in [-0.4, -0.2) is 32.9 Å². The van der Waals surface area contributed by atoms with Crippen molar-refractivity contribution in [3.05, 3.63) is 70.1 Å². The number of fused-ring (bicyclic) bond motifs is 1. The lowest BCUT2D eigenvalue weighted by Gasteiger charge is -2.22. The number of hydrogen-bond donors (Lipinski definition) is 2. The normalized spacial score (nSPS) is 19.4. The number of hydrogen-bond acceptors (Lipinski definition) is 3. The molecule has 0 saturated carbocycles. The maximum absolute atomic E-state index is 13.0. The topological polar surface area (TPSA) is 87.2 Å². The Morgan fingerprint density at radius 1 is 0.964 bits per heavy atom. The molecule has 0 bridgehead atoms. The third-order valence-electron chi connectivity index (χ3n) is 5.35. The summed E-state index contributed by atoms with van der Waals surface area (Å²) in [5.41, 5.74) is 2.17. The van der Waals surface area contributed by atoms with Gasteiger partial charge in [-0.1, -0.05) is 42.0 Å². The molecule has 0 unspecified atom stereocenters. The molecule has 1 fully saturated rings. The van der Waals surface area contributed by atoms with E-state index in [1.165, 1.54) is 4.90 Å². The SMILES string of the molecule is Cc1ccc([C@@]2(C)NC(=O)N(CCCn3c(=O)[nH]c4ccccc43)C2=O)cc1. The predicted molar refractivity (Wildman–Crippen MR) is 106 cm³/mol. The summed E-state index contributed by atoms with van der Waals surface area (Å²) in [6, 6.07) is 14.6. The Morgan fingerprint density at radius 3 is 2.43 bits per heavy atom.